The molecule has 0 aliphatic rings. The average molecular weight is 221 g/mol. The number of hydrogen-bond acceptors (Lipinski definition) is 4. The number of nitrogens with two attached hydrogens (primary N) is 1. The van der Waals surface area contributed by atoms with Crippen LogP contribution in [-0.2, 0) is 6.54 Å². The van der Waals surface area contributed by atoms with Gasteiger partial charge in [-0.05, 0) is 12.1 Å². The first-order valence-electron chi connectivity index (χ1n) is 4.65. The van der Waals surface area contributed by atoms with Gasteiger partial charge in [0.05, 0.1) is 25.4 Å². The van der Waals surface area contributed by atoms with Crippen molar-refractivity contribution in [1.82, 2.24) is 9.38 Å². The molecule has 2 aromatic rings. The predicted octanol–water partition coefficient (Wildman–Crippen LogP) is 0.500. The lowest BCUT2D eigenvalue weighted by Crippen LogP contribution is -2.02. The number of imidazole rings is 1. The number of nitrogens with zero attached hydrogens (tertiary/aromatic N) is 2. The van der Waals surface area contributed by atoms with Gasteiger partial charge in [-0.25, -0.2) is 9.78 Å². The molecule has 6 heteroatoms. The van der Waals surface area contributed by atoms with Crippen molar-refractivity contribution < 1.29 is 14.6 Å². The van der Waals surface area contributed by atoms with Gasteiger partial charge in [0.1, 0.15) is 11.6 Å². The number of hydrogen-bond donors (Lipinski definition) is 2. The standard InChI is InChI=1S/C10H11N3O3/c1-16-6-2-3-7-9(10(14)15)12-8(4-11)13(7)5-6/h2-3,5H,4,11H2,1H3,(H,14,15). The van der Waals surface area contributed by atoms with Crippen LogP contribution in [0.25, 0.3) is 5.52 Å². The van der Waals surface area contributed by atoms with Gasteiger partial charge < -0.3 is 15.6 Å². The van der Waals surface area contributed by atoms with Crippen LogP contribution < -0.4 is 10.5 Å². The van der Waals surface area contributed by atoms with Crippen LogP contribution >= 0.6 is 0 Å². The highest BCUT2D eigenvalue weighted by Crippen LogP contribution is 2.18. The number of fused-ring (bicyclic) bond motifs is 1. The minimum Gasteiger partial charge on any atom is -0.495 e. The molecule has 0 spiro atoms. The van der Waals surface area contributed by atoms with Crippen LogP contribution in [0.3, 0.4) is 0 Å². The van der Waals surface area contributed by atoms with E-state index in [4.69, 9.17) is 15.6 Å². The molecule has 2 rings (SSSR count). The van der Waals surface area contributed by atoms with Gasteiger partial charge in [-0.1, -0.05) is 0 Å². The second-order valence-corrected chi connectivity index (χ2v) is 3.21. The lowest BCUT2D eigenvalue weighted by molar-refractivity contribution is 0.0693. The van der Waals surface area contributed by atoms with E-state index in [1.54, 1.807) is 29.8 Å². The third kappa shape index (κ3) is 1.49. The van der Waals surface area contributed by atoms with Crippen molar-refractivity contribution >= 4 is 11.5 Å². The monoisotopic (exact) mass is 221 g/mol. The fraction of sp³-hybridized carbons (Fsp3) is 0.200. The van der Waals surface area contributed by atoms with E-state index in [1.807, 2.05) is 0 Å². The highest BCUT2D eigenvalue weighted by atomic mass is 16.5. The van der Waals surface area contributed by atoms with Crippen molar-refractivity contribution in [3.63, 3.8) is 0 Å². The quantitative estimate of drug-likeness (QED) is 0.787. The minimum atomic E-state index is -1.07. The maximum absolute atomic E-state index is 11.0. The molecule has 0 bridgehead atoms. The number of carbonyl (C=O) groups is 1. The highest BCUT2D eigenvalue weighted by molar-refractivity contribution is 5.93. The van der Waals surface area contributed by atoms with Crippen molar-refractivity contribution in [1.29, 1.82) is 0 Å². The molecule has 0 saturated heterocycles. The Bertz CT molecular complexity index is 547. The maximum Gasteiger partial charge on any atom is 0.356 e. The topological polar surface area (TPSA) is 89.8 Å². The van der Waals surface area contributed by atoms with Gasteiger partial charge >= 0.3 is 5.97 Å². The Balaban J connectivity index is 2.74. The van der Waals surface area contributed by atoms with Crippen LogP contribution in [0.5, 0.6) is 5.75 Å². The molecule has 0 aliphatic heterocycles. The Morgan fingerprint density at radius 2 is 2.38 bits per heavy atom. The Morgan fingerprint density at radius 3 is 2.94 bits per heavy atom. The van der Waals surface area contributed by atoms with Gasteiger partial charge in [0.2, 0.25) is 0 Å². The van der Waals surface area contributed by atoms with Crippen molar-refractivity contribution in [2.24, 2.45) is 5.73 Å². The zero-order valence-electron chi connectivity index (χ0n) is 8.67. The van der Waals surface area contributed by atoms with Crippen LogP contribution in [0.4, 0.5) is 0 Å². The van der Waals surface area contributed by atoms with Gasteiger partial charge in [0.25, 0.3) is 0 Å². The Labute approximate surface area is 91.3 Å². The molecule has 0 unspecified atom stereocenters. The smallest absolute Gasteiger partial charge is 0.356 e. The Hall–Kier alpha value is -2.08. The summed E-state index contributed by atoms with van der Waals surface area (Å²) in [6, 6.07) is 3.33. The molecule has 2 heterocycles. The third-order valence-corrected chi connectivity index (χ3v) is 2.30. The summed E-state index contributed by atoms with van der Waals surface area (Å²) in [4.78, 5) is 14.9. The molecule has 2 aromatic heterocycles. The second-order valence-electron chi connectivity index (χ2n) is 3.21. The molecule has 0 aliphatic carbocycles. The van der Waals surface area contributed by atoms with E-state index in [0.29, 0.717) is 17.1 Å². The van der Waals surface area contributed by atoms with E-state index < -0.39 is 5.97 Å². The second kappa shape index (κ2) is 3.82. The largest absolute Gasteiger partial charge is 0.495 e. The fourth-order valence-electron chi connectivity index (χ4n) is 1.55. The predicted molar refractivity (Wildman–Crippen MR) is 56.6 cm³/mol. The van der Waals surface area contributed by atoms with Gasteiger partial charge in [0.15, 0.2) is 5.69 Å². The zero-order chi connectivity index (χ0) is 11.7. The van der Waals surface area contributed by atoms with Crippen LogP contribution in [0, 0.1) is 0 Å². The van der Waals surface area contributed by atoms with Crippen molar-refractivity contribution in [2.75, 3.05) is 7.11 Å². The summed E-state index contributed by atoms with van der Waals surface area (Å²) in [6.07, 6.45) is 1.66. The molecule has 0 atom stereocenters. The molecule has 3 N–H and O–H groups in total. The highest BCUT2D eigenvalue weighted by Gasteiger charge is 2.15. The van der Waals surface area contributed by atoms with Gasteiger partial charge in [0, 0.05) is 0 Å². The molecule has 84 valence electrons. The molecular weight excluding hydrogens is 210 g/mol. The lowest BCUT2D eigenvalue weighted by atomic mass is 10.3. The maximum atomic E-state index is 11.0. The number of ether oxygens (including phenoxy) is 1. The van der Waals surface area contributed by atoms with Gasteiger partial charge in [-0.3, -0.25) is 4.40 Å². The van der Waals surface area contributed by atoms with E-state index >= 15 is 0 Å². The first-order valence-corrected chi connectivity index (χ1v) is 4.65. The van der Waals surface area contributed by atoms with Crippen molar-refractivity contribution in [3.8, 4) is 5.75 Å². The number of rotatable bonds is 3. The van der Waals surface area contributed by atoms with E-state index in [2.05, 4.69) is 4.98 Å². The summed E-state index contributed by atoms with van der Waals surface area (Å²) in [7, 11) is 1.54. The van der Waals surface area contributed by atoms with Crippen molar-refractivity contribution in [3.05, 3.63) is 29.8 Å². The fourth-order valence-corrected chi connectivity index (χ4v) is 1.55. The molecule has 0 saturated carbocycles. The van der Waals surface area contributed by atoms with Crippen LogP contribution in [0.2, 0.25) is 0 Å². The molecule has 0 fully saturated rings. The first kappa shape index (κ1) is 10.4. The van der Waals surface area contributed by atoms with Crippen LogP contribution in [0.15, 0.2) is 18.3 Å². The SMILES string of the molecule is COc1ccc2c(C(=O)O)nc(CN)n2c1. The third-order valence-electron chi connectivity index (χ3n) is 2.30. The summed E-state index contributed by atoms with van der Waals surface area (Å²) >= 11 is 0. The Kier molecular flexibility index (Phi) is 2.49. The van der Waals surface area contributed by atoms with Crippen molar-refractivity contribution in [2.45, 2.75) is 6.54 Å². The first-order chi connectivity index (χ1) is 7.67. The lowest BCUT2D eigenvalue weighted by Gasteiger charge is -2.02. The van der Waals surface area contributed by atoms with Crippen LogP contribution in [-0.4, -0.2) is 27.6 Å². The summed E-state index contributed by atoms with van der Waals surface area (Å²) in [6.45, 7) is 0.168. The molecule has 16 heavy (non-hydrogen) atoms. The Morgan fingerprint density at radius 1 is 1.62 bits per heavy atom. The molecule has 0 radical (unpaired) electrons. The number of carboxylic acids is 1. The molecule has 0 amide bonds. The summed E-state index contributed by atoms with van der Waals surface area (Å²) in [5.74, 6) is 0.0465. The summed E-state index contributed by atoms with van der Waals surface area (Å²) < 4.78 is 6.68. The number of methoxy groups -OCH3 is 1. The molecule has 6 nitrogen and oxygen atoms in total. The van der Waals surface area contributed by atoms with E-state index in [1.165, 1.54) is 0 Å². The number of aromatic nitrogens is 2. The summed E-state index contributed by atoms with van der Waals surface area (Å²) in [5, 5.41) is 8.97. The number of aromatic carboxylic acids is 1. The van der Waals surface area contributed by atoms with E-state index in [0.717, 1.165) is 0 Å². The van der Waals surface area contributed by atoms with Crippen LogP contribution in [0.1, 0.15) is 16.3 Å². The normalized spacial score (nSPS) is 10.6. The van der Waals surface area contributed by atoms with E-state index in [9.17, 15) is 4.79 Å². The number of carboxylic acid groups (broad SMARTS) is 1. The summed E-state index contributed by atoms with van der Waals surface area (Å²) in [5.41, 5.74) is 6.01. The van der Waals surface area contributed by atoms with Gasteiger partial charge in [-0.15, -0.1) is 0 Å². The molecular formula is C10H11N3O3. The molecule has 0 aromatic carbocycles. The van der Waals surface area contributed by atoms with Gasteiger partial charge in [-0.2, -0.15) is 0 Å². The minimum absolute atomic E-state index is 0.00287. The average Bonchev–Trinajstić information content (AvgIpc) is 2.66. The number of pyridine rings is 1. The van der Waals surface area contributed by atoms with E-state index in [-0.39, 0.29) is 12.2 Å². The zero-order valence-corrected chi connectivity index (χ0v) is 8.67.